The zero-order valence-electron chi connectivity index (χ0n) is 62.7. The molecule has 6 aromatic heterocycles. The Hall–Kier alpha value is -15.5. The van der Waals surface area contributed by atoms with Crippen LogP contribution >= 0.6 is 0 Å². The lowest BCUT2D eigenvalue weighted by molar-refractivity contribution is 0.747. The number of rotatable bonds is 11. The van der Waals surface area contributed by atoms with Crippen molar-refractivity contribution in [3.63, 3.8) is 0 Å². The molecule has 24 rings (SSSR count). The van der Waals surface area contributed by atoms with E-state index in [4.69, 9.17) is 19.9 Å². The van der Waals surface area contributed by atoms with Crippen LogP contribution in [-0.4, -0.2) is 29.1 Å². The molecule has 10 heteroatoms. The average molecular weight is 1480 g/mol. The van der Waals surface area contributed by atoms with Crippen LogP contribution in [0, 0.1) is 0 Å². The number of para-hydroxylation sites is 8. The van der Waals surface area contributed by atoms with Gasteiger partial charge in [-0.2, -0.15) is 0 Å². The molecule has 0 atom stereocenters. The summed E-state index contributed by atoms with van der Waals surface area (Å²) in [5.74, 6) is 0. The predicted molar refractivity (Wildman–Crippen MR) is 472 cm³/mol. The van der Waals surface area contributed by atoms with E-state index in [1.54, 1.807) is 0 Å². The van der Waals surface area contributed by atoms with Crippen LogP contribution in [0.2, 0.25) is 0 Å². The molecule has 2 spiro atoms. The van der Waals surface area contributed by atoms with Gasteiger partial charge in [0.25, 0.3) is 0 Å². The number of hydrogen-bond donors (Lipinski definition) is 0. The Morgan fingerprint density at radius 3 is 0.983 bits per heavy atom. The molecular weight excluding hydrogens is 1410 g/mol. The lowest BCUT2D eigenvalue weighted by Crippen LogP contribution is -2.36. The highest BCUT2D eigenvalue weighted by molar-refractivity contribution is 6.16. The third kappa shape index (κ3) is 9.28. The fraction of sp³-hybridized carbons (Fsp3) is 0.0189. The highest BCUT2D eigenvalue weighted by Crippen LogP contribution is 2.66. The standard InChI is InChI=1S/C106H68N10/c1-6-29-70(30-7-1)111(71-31-8-2-9-32-71)76-52-56-95-88(65-76)105(84-44-24-60-107-101(84)102-85(105)45-25-61-108-102)89-66-77(53-57-96(89)113(95)73-35-12-4-13-36-73)112(72-33-10-3-11-34-72)75-39-22-28-69(64-75)80-43-23-51-99-100(80)83-42-18-21-50-94(83)116(99)79-55-59-98-91(68-79)106(86-46-26-62-109-103(86)104-87(106)47-27-63-110-104)90-67-78(54-58-97(90)114(98)74-37-14-5-15-38-74)115-92-48-19-16-40-81(92)82-41-17-20-49-93(82)115/h1-68H. The van der Waals surface area contributed by atoms with E-state index >= 15 is 0 Å². The SMILES string of the molecule is c1ccc(N(c2ccccc2)c2ccc3c(c2)C2(c4cc(N(c5ccccc5)c5cccc(-c6cccc7c6c6ccccc6n7-c6ccc7c(c6)C6(c8cc(-n9c%10ccccc%10c%10ccccc%109)ccc8N7c7ccccc7)c7cccnc7-c7ncccc76)c5)ccc4N3c3ccccc3)c3cccnc3-c3ncccc32)cc1. The van der Waals surface area contributed by atoms with E-state index in [0.29, 0.717) is 0 Å². The van der Waals surface area contributed by atoms with E-state index in [1.165, 1.54) is 10.8 Å². The van der Waals surface area contributed by atoms with Crippen molar-refractivity contribution in [2.24, 2.45) is 0 Å². The molecule has 542 valence electrons. The van der Waals surface area contributed by atoms with Crippen molar-refractivity contribution in [3.05, 3.63) is 458 Å². The fourth-order valence-corrected chi connectivity index (χ4v) is 20.1. The Morgan fingerprint density at radius 2 is 0.543 bits per heavy atom. The number of fused-ring (bicyclic) bond motifs is 24. The van der Waals surface area contributed by atoms with Crippen LogP contribution in [0.25, 0.3) is 88.9 Å². The number of aromatic nitrogens is 6. The molecule has 2 aliphatic carbocycles. The number of benzene rings is 14. The van der Waals surface area contributed by atoms with Crippen molar-refractivity contribution in [1.29, 1.82) is 0 Å². The van der Waals surface area contributed by atoms with Gasteiger partial charge in [-0.25, -0.2) is 0 Å². The normalized spacial score (nSPS) is 13.4. The summed E-state index contributed by atoms with van der Waals surface area (Å²) >= 11 is 0. The van der Waals surface area contributed by atoms with E-state index < -0.39 is 10.8 Å². The van der Waals surface area contributed by atoms with E-state index in [-0.39, 0.29) is 0 Å². The summed E-state index contributed by atoms with van der Waals surface area (Å²) in [5, 5.41) is 4.73. The van der Waals surface area contributed by atoms with Crippen molar-refractivity contribution < 1.29 is 0 Å². The first-order chi connectivity index (χ1) is 57.6. The summed E-state index contributed by atoms with van der Waals surface area (Å²) in [6.07, 6.45) is 7.66. The maximum atomic E-state index is 5.27. The van der Waals surface area contributed by atoms with Gasteiger partial charge >= 0.3 is 0 Å². The second-order valence-corrected chi connectivity index (χ2v) is 30.4. The highest BCUT2D eigenvalue weighted by atomic mass is 15.2. The molecule has 20 aromatic rings. The fourth-order valence-electron chi connectivity index (χ4n) is 20.1. The number of nitrogens with zero attached hydrogens (tertiary/aromatic N) is 10. The Bertz CT molecular complexity index is 7200. The highest BCUT2D eigenvalue weighted by Gasteiger charge is 2.56. The largest absolute Gasteiger partial charge is 0.310 e. The molecule has 0 N–H and O–H groups in total. The van der Waals surface area contributed by atoms with Crippen LogP contribution in [0.4, 0.5) is 68.2 Å². The lowest BCUT2D eigenvalue weighted by atomic mass is 9.64. The second-order valence-electron chi connectivity index (χ2n) is 30.4. The van der Waals surface area contributed by atoms with E-state index in [2.05, 4.69) is 417 Å². The van der Waals surface area contributed by atoms with Crippen molar-refractivity contribution in [2.75, 3.05) is 19.6 Å². The number of pyridine rings is 4. The Balaban J connectivity index is 0.703. The Labute approximate surface area is 669 Å². The molecule has 8 heterocycles. The molecule has 0 unspecified atom stereocenters. The molecule has 0 amide bonds. The maximum Gasteiger partial charge on any atom is 0.0937 e. The third-order valence-electron chi connectivity index (χ3n) is 24.6. The van der Waals surface area contributed by atoms with Crippen molar-refractivity contribution >= 4 is 112 Å². The number of hydrogen-bond acceptors (Lipinski definition) is 8. The van der Waals surface area contributed by atoms with Gasteiger partial charge in [-0.05, 0) is 250 Å². The Morgan fingerprint density at radius 1 is 0.216 bits per heavy atom. The Kier molecular flexibility index (Phi) is 14.3. The first-order valence-corrected chi connectivity index (χ1v) is 39.6. The van der Waals surface area contributed by atoms with Crippen LogP contribution < -0.4 is 19.6 Å². The van der Waals surface area contributed by atoms with Crippen LogP contribution in [0.3, 0.4) is 0 Å². The topological polar surface area (TPSA) is 74.4 Å². The lowest BCUT2D eigenvalue weighted by Gasteiger charge is -2.45. The van der Waals surface area contributed by atoms with Gasteiger partial charge in [-0.15, -0.1) is 0 Å². The smallest absolute Gasteiger partial charge is 0.0937 e. The van der Waals surface area contributed by atoms with Gasteiger partial charge < -0.3 is 28.7 Å². The predicted octanol–water partition coefficient (Wildman–Crippen LogP) is 26.4. The molecule has 0 saturated carbocycles. The molecule has 0 bridgehead atoms. The van der Waals surface area contributed by atoms with Gasteiger partial charge in [-0.3, -0.25) is 19.9 Å². The summed E-state index contributed by atoms with van der Waals surface area (Å²) in [7, 11) is 0. The average Bonchev–Trinajstić information content (AvgIpc) is 1.45. The first kappa shape index (κ1) is 65.2. The van der Waals surface area contributed by atoms with Crippen molar-refractivity contribution in [1.82, 2.24) is 29.1 Å². The van der Waals surface area contributed by atoms with Gasteiger partial charge in [0.1, 0.15) is 0 Å². The van der Waals surface area contributed by atoms with E-state index in [9.17, 15) is 0 Å². The molecule has 14 aromatic carbocycles. The summed E-state index contributed by atoms with van der Waals surface area (Å²) < 4.78 is 4.94. The van der Waals surface area contributed by atoms with Gasteiger partial charge in [0.15, 0.2) is 0 Å². The number of anilines is 12. The molecule has 0 radical (unpaired) electrons. The molecule has 2 aliphatic heterocycles. The third-order valence-corrected chi connectivity index (χ3v) is 24.6. The first-order valence-electron chi connectivity index (χ1n) is 39.6. The van der Waals surface area contributed by atoms with Crippen LogP contribution in [-0.2, 0) is 10.8 Å². The van der Waals surface area contributed by atoms with Crippen molar-refractivity contribution in [3.8, 4) is 45.3 Å². The quantitative estimate of drug-likeness (QED) is 0.127. The van der Waals surface area contributed by atoms with Gasteiger partial charge in [0, 0.05) is 103 Å². The summed E-state index contributed by atoms with van der Waals surface area (Å²) in [5.41, 5.74) is 31.9. The van der Waals surface area contributed by atoms with Crippen LogP contribution in [0.5, 0.6) is 0 Å². The molecule has 0 saturated heterocycles. The molecule has 4 aliphatic rings. The molecule has 10 nitrogen and oxygen atoms in total. The molecular formula is C106H68N10. The summed E-state index contributed by atoms with van der Waals surface area (Å²) in [4.78, 5) is 30.8. The maximum absolute atomic E-state index is 5.27. The summed E-state index contributed by atoms with van der Waals surface area (Å²) in [6.45, 7) is 0. The van der Waals surface area contributed by atoms with E-state index in [0.717, 1.165) is 191 Å². The minimum atomic E-state index is -0.912. The van der Waals surface area contributed by atoms with Crippen molar-refractivity contribution in [2.45, 2.75) is 10.8 Å². The second kappa shape index (κ2) is 25.5. The molecule has 0 fully saturated rings. The minimum absolute atomic E-state index is 0.872. The summed E-state index contributed by atoms with van der Waals surface area (Å²) in [6, 6.07) is 142. The van der Waals surface area contributed by atoms with Crippen LogP contribution in [0.1, 0.15) is 44.5 Å². The minimum Gasteiger partial charge on any atom is -0.310 e. The zero-order chi connectivity index (χ0) is 76.2. The van der Waals surface area contributed by atoms with E-state index in [1.807, 2.05) is 24.8 Å². The van der Waals surface area contributed by atoms with Crippen LogP contribution in [0.15, 0.2) is 413 Å². The van der Waals surface area contributed by atoms with Gasteiger partial charge in [0.05, 0.1) is 78.4 Å². The zero-order valence-corrected chi connectivity index (χ0v) is 62.7. The van der Waals surface area contributed by atoms with Gasteiger partial charge in [-0.1, -0.05) is 194 Å². The van der Waals surface area contributed by atoms with Gasteiger partial charge in [0.2, 0.25) is 0 Å². The monoisotopic (exact) mass is 1480 g/mol. The molecule has 116 heavy (non-hydrogen) atoms.